The number of aromatic nitrogens is 3. The molecule has 0 aliphatic rings. The molecule has 100 valence electrons. The smallest absolute Gasteiger partial charge is 0.153 e. The number of nitrogens with zero attached hydrogens (tertiary/aromatic N) is 2. The highest BCUT2D eigenvalue weighted by Crippen LogP contribution is 2.37. The molecule has 0 unspecified atom stereocenters. The third-order valence-corrected chi connectivity index (χ3v) is 3.85. The van der Waals surface area contributed by atoms with Gasteiger partial charge in [-0.3, -0.25) is 10.1 Å². The average Bonchev–Trinajstić information content (AvgIpc) is 2.84. The van der Waals surface area contributed by atoms with Crippen LogP contribution in [0, 0.1) is 6.92 Å². The Morgan fingerprint density at radius 1 is 1.15 bits per heavy atom. The van der Waals surface area contributed by atoms with Gasteiger partial charge in [0.15, 0.2) is 5.82 Å². The van der Waals surface area contributed by atoms with E-state index in [0.717, 1.165) is 26.9 Å². The second kappa shape index (κ2) is 5.09. The topological polar surface area (TPSA) is 67.6 Å². The van der Waals surface area contributed by atoms with E-state index in [1.165, 1.54) is 5.56 Å². The van der Waals surface area contributed by atoms with Gasteiger partial charge in [0.25, 0.3) is 0 Å². The SMILES string of the molecule is Cc1ccc(Br)c(-c2[nH]nc(N)c2-c2ccncc2)c1. The average molecular weight is 329 g/mol. The lowest BCUT2D eigenvalue weighted by atomic mass is 10.0. The van der Waals surface area contributed by atoms with Crippen LogP contribution in [0.4, 0.5) is 5.82 Å². The lowest BCUT2D eigenvalue weighted by Crippen LogP contribution is -1.89. The second-order valence-corrected chi connectivity index (χ2v) is 5.43. The van der Waals surface area contributed by atoms with E-state index in [4.69, 9.17) is 5.73 Å². The summed E-state index contributed by atoms with van der Waals surface area (Å²) in [5.41, 5.74) is 11.0. The van der Waals surface area contributed by atoms with Crippen molar-refractivity contribution in [3.8, 4) is 22.4 Å². The molecule has 3 N–H and O–H groups in total. The third kappa shape index (κ3) is 2.20. The van der Waals surface area contributed by atoms with E-state index in [2.05, 4.69) is 50.2 Å². The highest BCUT2D eigenvalue weighted by Gasteiger charge is 2.16. The third-order valence-electron chi connectivity index (χ3n) is 3.15. The van der Waals surface area contributed by atoms with Gasteiger partial charge < -0.3 is 5.73 Å². The summed E-state index contributed by atoms with van der Waals surface area (Å²) in [6.45, 7) is 2.06. The molecule has 0 bridgehead atoms. The van der Waals surface area contributed by atoms with Crippen LogP contribution < -0.4 is 5.73 Å². The standard InChI is InChI=1S/C15H13BrN4/c1-9-2-3-12(16)11(8-9)14-13(15(17)20-19-14)10-4-6-18-7-5-10/h2-8H,1H3,(H3,17,19,20). The molecular formula is C15H13BrN4. The van der Waals surface area contributed by atoms with Gasteiger partial charge in [0.2, 0.25) is 0 Å². The van der Waals surface area contributed by atoms with Crippen LogP contribution in [-0.2, 0) is 0 Å². The minimum absolute atomic E-state index is 0.486. The normalized spacial score (nSPS) is 10.7. The minimum Gasteiger partial charge on any atom is -0.382 e. The van der Waals surface area contributed by atoms with Crippen molar-refractivity contribution >= 4 is 21.7 Å². The molecule has 0 aliphatic carbocycles. The summed E-state index contributed by atoms with van der Waals surface area (Å²) < 4.78 is 1.00. The number of hydrogen-bond donors (Lipinski definition) is 2. The van der Waals surface area contributed by atoms with Crippen LogP contribution in [0.15, 0.2) is 47.2 Å². The summed E-state index contributed by atoms with van der Waals surface area (Å²) in [6.07, 6.45) is 3.49. The Morgan fingerprint density at radius 2 is 1.90 bits per heavy atom. The number of H-pyrrole nitrogens is 1. The first-order valence-electron chi connectivity index (χ1n) is 6.17. The van der Waals surface area contributed by atoms with Gasteiger partial charge >= 0.3 is 0 Å². The van der Waals surface area contributed by atoms with Crippen LogP contribution in [-0.4, -0.2) is 15.2 Å². The fraction of sp³-hybridized carbons (Fsp3) is 0.0667. The Bertz CT molecular complexity index is 750. The first-order valence-corrected chi connectivity index (χ1v) is 6.97. The Labute approximate surface area is 125 Å². The highest BCUT2D eigenvalue weighted by atomic mass is 79.9. The Hall–Kier alpha value is -2.14. The van der Waals surface area contributed by atoms with Crippen molar-refractivity contribution in [1.82, 2.24) is 15.2 Å². The molecule has 0 spiro atoms. The summed E-state index contributed by atoms with van der Waals surface area (Å²) >= 11 is 3.58. The number of halogens is 1. The zero-order valence-electron chi connectivity index (χ0n) is 10.9. The molecule has 0 saturated carbocycles. The van der Waals surface area contributed by atoms with Gasteiger partial charge in [-0.2, -0.15) is 5.10 Å². The monoisotopic (exact) mass is 328 g/mol. The number of aromatic amines is 1. The molecule has 4 nitrogen and oxygen atoms in total. The maximum Gasteiger partial charge on any atom is 0.153 e. The van der Waals surface area contributed by atoms with Gasteiger partial charge in [0.1, 0.15) is 0 Å². The zero-order chi connectivity index (χ0) is 14.1. The van der Waals surface area contributed by atoms with E-state index in [-0.39, 0.29) is 0 Å². The predicted molar refractivity (Wildman–Crippen MR) is 84.1 cm³/mol. The largest absolute Gasteiger partial charge is 0.382 e. The number of nitrogen functional groups attached to an aromatic ring is 1. The first-order chi connectivity index (χ1) is 9.66. The number of aryl methyl sites for hydroxylation is 1. The molecule has 3 aromatic rings. The number of nitrogens with two attached hydrogens (primary N) is 1. The van der Waals surface area contributed by atoms with Gasteiger partial charge in [0.05, 0.1) is 11.3 Å². The molecule has 0 saturated heterocycles. The molecule has 0 amide bonds. The number of hydrogen-bond acceptors (Lipinski definition) is 3. The molecule has 1 aromatic carbocycles. The highest BCUT2D eigenvalue weighted by molar-refractivity contribution is 9.10. The number of benzene rings is 1. The maximum absolute atomic E-state index is 6.02. The van der Waals surface area contributed by atoms with Crippen LogP contribution in [0.2, 0.25) is 0 Å². The van der Waals surface area contributed by atoms with Crippen molar-refractivity contribution in [2.45, 2.75) is 6.92 Å². The summed E-state index contributed by atoms with van der Waals surface area (Å²) in [5, 5.41) is 7.18. The Kier molecular flexibility index (Phi) is 3.28. The van der Waals surface area contributed by atoms with Crippen molar-refractivity contribution < 1.29 is 0 Å². The lowest BCUT2D eigenvalue weighted by molar-refractivity contribution is 1.10. The van der Waals surface area contributed by atoms with Gasteiger partial charge in [-0.05, 0) is 36.8 Å². The second-order valence-electron chi connectivity index (χ2n) is 4.58. The molecule has 0 aliphatic heterocycles. The molecular weight excluding hydrogens is 316 g/mol. The molecule has 20 heavy (non-hydrogen) atoms. The summed E-state index contributed by atoms with van der Waals surface area (Å²) in [5.74, 6) is 0.486. The van der Waals surface area contributed by atoms with Crippen molar-refractivity contribution in [2.75, 3.05) is 5.73 Å². The fourth-order valence-corrected chi connectivity index (χ4v) is 2.64. The zero-order valence-corrected chi connectivity index (χ0v) is 12.5. The van der Waals surface area contributed by atoms with Gasteiger partial charge in [-0.15, -0.1) is 0 Å². The fourth-order valence-electron chi connectivity index (χ4n) is 2.19. The number of nitrogens with one attached hydrogen (secondary N) is 1. The summed E-state index contributed by atoms with van der Waals surface area (Å²) in [7, 11) is 0. The van der Waals surface area contributed by atoms with Crippen LogP contribution >= 0.6 is 15.9 Å². The van der Waals surface area contributed by atoms with Gasteiger partial charge in [-0.25, -0.2) is 0 Å². The van der Waals surface area contributed by atoms with E-state index in [0.29, 0.717) is 5.82 Å². The van der Waals surface area contributed by atoms with Crippen molar-refractivity contribution in [2.24, 2.45) is 0 Å². The van der Waals surface area contributed by atoms with E-state index >= 15 is 0 Å². The van der Waals surface area contributed by atoms with Crippen molar-refractivity contribution in [1.29, 1.82) is 0 Å². The number of anilines is 1. The molecule has 0 radical (unpaired) electrons. The maximum atomic E-state index is 6.02. The van der Waals surface area contributed by atoms with Crippen LogP contribution in [0.25, 0.3) is 22.4 Å². The van der Waals surface area contributed by atoms with Crippen LogP contribution in [0.1, 0.15) is 5.56 Å². The lowest BCUT2D eigenvalue weighted by Gasteiger charge is -2.07. The van der Waals surface area contributed by atoms with Crippen molar-refractivity contribution in [3.05, 3.63) is 52.8 Å². The van der Waals surface area contributed by atoms with Crippen LogP contribution in [0.3, 0.4) is 0 Å². The van der Waals surface area contributed by atoms with Crippen LogP contribution in [0.5, 0.6) is 0 Å². The molecule has 0 atom stereocenters. The van der Waals surface area contributed by atoms with E-state index in [1.807, 2.05) is 18.2 Å². The molecule has 2 heterocycles. The van der Waals surface area contributed by atoms with Crippen molar-refractivity contribution in [3.63, 3.8) is 0 Å². The minimum atomic E-state index is 0.486. The Morgan fingerprint density at radius 3 is 2.65 bits per heavy atom. The van der Waals surface area contributed by atoms with E-state index in [1.54, 1.807) is 12.4 Å². The van der Waals surface area contributed by atoms with Gasteiger partial charge in [0, 0.05) is 22.4 Å². The molecule has 3 rings (SSSR count). The molecule has 5 heteroatoms. The molecule has 0 fully saturated rings. The quantitative estimate of drug-likeness (QED) is 0.752. The Balaban J connectivity index is 2.24. The summed E-state index contributed by atoms with van der Waals surface area (Å²) in [4.78, 5) is 4.04. The number of pyridine rings is 1. The predicted octanol–water partition coefficient (Wildman–Crippen LogP) is 3.79. The number of rotatable bonds is 2. The van der Waals surface area contributed by atoms with E-state index < -0.39 is 0 Å². The first kappa shape index (κ1) is 12.9. The van der Waals surface area contributed by atoms with Gasteiger partial charge in [-0.1, -0.05) is 27.6 Å². The van der Waals surface area contributed by atoms with E-state index in [9.17, 15) is 0 Å². The summed E-state index contributed by atoms with van der Waals surface area (Å²) in [6, 6.07) is 10.0. The molecule has 2 aromatic heterocycles.